The van der Waals surface area contributed by atoms with Crippen molar-refractivity contribution < 1.29 is 17.9 Å². The number of hydrogen-bond acceptors (Lipinski definition) is 5. The van der Waals surface area contributed by atoms with Crippen molar-refractivity contribution in [2.75, 3.05) is 12.8 Å². The number of anilines is 1. The summed E-state index contributed by atoms with van der Waals surface area (Å²) in [5.74, 6) is -1.14. The van der Waals surface area contributed by atoms with Crippen molar-refractivity contribution in [1.29, 1.82) is 0 Å². The first-order valence-electron chi connectivity index (χ1n) is 5.11. The third-order valence-corrected chi connectivity index (χ3v) is 2.24. The fourth-order valence-electron chi connectivity index (χ4n) is 1.41. The van der Waals surface area contributed by atoms with E-state index in [1.165, 1.54) is 31.6 Å². The van der Waals surface area contributed by atoms with Crippen LogP contribution in [-0.2, 0) is 6.18 Å². The molecule has 0 spiro atoms. The summed E-state index contributed by atoms with van der Waals surface area (Å²) in [4.78, 5) is 10.4. The molecule has 0 unspecified atom stereocenters. The van der Waals surface area contributed by atoms with Gasteiger partial charge in [0.05, 0.1) is 19.0 Å². The van der Waals surface area contributed by atoms with Crippen LogP contribution in [0, 0.1) is 0 Å². The number of ether oxygens (including phenoxy) is 1. The summed E-state index contributed by atoms with van der Waals surface area (Å²) in [5, 5.41) is 0. The van der Waals surface area contributed by atoms with Gasteiger partial charge in [-0.25, -0.2) is 9.97 Å². The van der Waals surface area contributed by atoms with Gasteiger partial charge >= 0.3 is 6.18 Å². The van der Waals surface area contributed by atoms with Gasteiger partial charge in [0.15, 0.2) is 0 Å². The number of halogens is 3. The second kappa shape index (κ2) is 4.71. The summed E-state index contributed by atoms with van der Waals surface area (Å²) in [6, 6.07) is 2.75. The van der Waals surface area contributed by atoms with Gasteiger partial charge in [-0.15, -0.1) is 0 Å². The van der Waals surface area contributed by atoms with Gasteiger partial charge in [-0.1, -0.05) is 0 Å². The second-order valence-electron chi connectivity index (χ2n) is 3.61. The summed E-state index contributed by atoms with van der Waals surface area (Å²) in [6.45, 7) is 0. The smallest absolute Gasteiger partial charge is 0.451 e. The minimum Gasteiger partial charge on any atom is -0.495 e. The van der Waals surface area contributed by atoms with Crippen LogP contribution in [0.5, 0.6) is 5.75 Å². The van der Waals surface area contributed by atoms with Crippen molar-refractivity contribution in [2.45, 2.75) is 6.18 Å². The van der Waals surface area contributed by atoms with E-state index in [1.807, 2.05) is 0 Å². The largest absolute Gasteiger partial charge is 0.495 e. The van der Waals surface area contributed by atoms with Gasteiger partial charge in [-0.05, 0) is 6.07 Å². The Morgan fingerprint density at radius 2 is 1.89 bits per heavy atom. The predicted molar refractivity (Wildman–Crippen MR) is 61.2 cm³/mol. The van der Waals surface area contributed by atoms with Crippen LogP contribution in [0.1, 0.15) is 5.82 Å². The highest BCUT2D eigenvalue weighted by atomic mass is 19.4. The third kappa shape index (κ3) is 2.90. The van der Waals surface area contributed by atoms with Gasteiger partial charge in [0, 0.05) is 17.8 Å². The zero-order valence-electron chi connectivity index (χ0n) is 9.77. The van der Waals surface area contributed by atoms with E-state index in [1.54, 1.807) is 0 Å². The normalized spacial score (nSPS) is 11.4. The van der Waals surface area contributed by atoms with Crippen molar-refractivity contribution in [3.8, 4) is 17.0 Å². The van der Waals surface area contributed by atoms with E-state index in [0.717, 1.165) is 0 Å². The van der Waals surface area contributed by atoms with Crippen LogP contribution in [0.4, 0.5) is 19.0 Å². The van der Waals surface area contributed by atoms with Crippen molar-refractivity contribution in [3.63, 3.8) is 0 Å². The standard InChI is InChI=1S/C11H9F3N4O/c1-19-7-2-6(4-16-5-7)8-3-9(15)18-10(17-8)11(12,13)14/h2-5H,1H3,(H2,15,17,18). The van der Waals surface area contributed by atoms with E-state index >= 15 is 0 Å². The molecule has 0 aromatic carbocycles. The Labute approximate surface area is 106 Å². The molecule has 8 heteroatoms. The van der Waals surface area contributed by atoms with E-state index in [0.29, 0.717) is 11.3 Å². The molecule has 2 rings (SSSR count). The van der Waals surface area contributed by atoms with Gasteiger partial charge in [0.25, 0.3) is 0 Å². The van der Waals surface area contributed by atoms with E-state index in [4.69, 9.17) is 10.5 Å². The molecule has 0 amide bonds. The number of pyridine rings is 1. The molecule has 2 aromatic heterocycles. The van der Waals surface area contributed by atoms with Crippen LogP contribution in [-0.4, -0.2) is 22.1 Å². The van der Waals surface area contributed by atoms with E-state index in [-0.39, 0.29) is 11.5 Å². The first-order chi connectivity index (χ1) is 8.90. The zero-order chi connectivity index (χ0) is 14.0. The molecule has 0 fully saturated rings. The predicted octanol–water partition coefficient (Wildman–Crippen LogP) is 2.15. The van der Waals surface area contributed by atoms with E-state index < -0.39 is 12.0 Å². The van der Waals surface area contributed by atoms with Gasteiger partial charge in [-0.2, -0.15) is 13.2 Å². The zero-order valence-corrected chi connectivity index (χ0v) is 9.77. The quantitative estimate of drug-likeness (QED) is 0.905. The lowest BCUT2D eigenvalue weighted by Crippen LogP contribution is -2.13. The van der Waals surface area contributed by atoms with Crippen molar-refractivity contribution in [3.05, 3.63) is 30.4 Å². The maximum Gasteiger partial charge on any atom is 0.451 e. The van der Waals surface area contributed by atoms with Crippen LogP contribution < -0.4 is 10.5 Å². The molecular formula is C11H9F3N4O. The Bertz CT molecular complexity index is 601. The summed E-state index contributed by atoms with van der Waals surface area (Å²) in [6.07, 6.45) is -1.86. The molecule has 5 nitrogen and oxygen atoms in total. The molecule has 19 heavy (non-hydrogen) atoms. The van der Waals surface area contributed by atoms with Gasteiger partial charge in [-0.3, -0.25) is 4.98 Å². The summed E-state index contributed by atoms with van der Waals surface area (Å²) in [7, 11) is 1.43. The molecular weight excluding hydrogens is 261 g/mol. The average Bonchev–Trinajstić information content (AvgIpc) is 2.37. The second-order valence-corrected chi connectivity index (χ2v) is 3.61. The fourth-order valence-corrected chi connectivity index (χ4v) is 1.41. The van der Waals surface area contributed by atoms with E-state index in [2.05, 4.69) is 15.0 Å². The Balaban J connectivity index is 2.53. The molecule has 2 heterocycles. The Morgan fingerprint density at radius 1 is 1.16 bits per heavy atom. The number of alkyl halides is 3. The number of nitrogen functional groups attached to an aromatic ring is 1. The van der Waals surface area contributed by atoms with Crippen LogP contribution in [0.3, 0.4) is 0 Å². The highest BCUT2D eigenvalue weighted by Crippen LogP contribution is 2.29. The van der Waals surface area contributed by atoms with Gasteiger partial charge < -0.3 is 10.5 Å². The Kier molecular flexibility index (Phi) is 3.24. The molecule has 0 aliphatic heterocycles. The highest BCUT2D eigenvalue weighted by Gasteiger charge is 2.35. The summed E-state index contributed by atoms with van der Waals surface area (Å²) < 4.78 is 42.7. The lowest BCUT2D eigenvalue weighted by molar-refractivity contribution is -0.144. The SMILES string of the molecule is COc1cncc(-c2cc(N)nc(C(F)(F)F)n2)c1. The van der Waals surface area contributed by atoms with Crippen LogP contribution in [0.15, 0.2) is 24.5 Å². The van der Waals surface area contributed by atoms with Crippen molar-refractivity contribution in [1.82, 2.24) is 15.0 Å². The molecule has 2 N–H and O–H groups in total. The molecule has 0 saturated carbocycles. The Morgan fingerprint density at radius 3 is 2.53 bits per heavy atom. The molecule has 0 atom stereocenters. The number of aromatic nitrogens is 3. The molecule has 0 aliphatic rings. The van der Waals surface area contributed by atoms with Crippen LogP contribution >= 0.6 is 0 Å². The molecule has 2 aromatic rings. The Hall–Kier alpha value is -2.38. The van der Waals surface area contributed by atoms with Crippen LogP contribution in [0.2, 0.25) is 0 Å². The minimum atomic E-state index is -4.66. The molecule has 0 radical (unpaired) electrons. The van der Waals surface area contributed by atoms with Crippen molar-refractivity contribution in [2.24, 2.45) is 0 Å². The first-order valence-corrected chi connectivity index (χ1v) is 5.11. The number of rotatable bonds is 2. The number of methoxy groups -OCH3 is 1. The monoisotopic (exact) mass is 270 g/mol. The average molecular weight is 270 g/mol. The topological polar surface area (TPSA) is 73.9 Å². The first kappa shape index (κ1) is 13.1. The minimum absolute atomic E-state index is 0.0335. The van der Waals surface area contributed by atoms with Crippen LogP contribution in [0.25, 0.3) is 11.3 Å². The van der Waals surface area contributed by atoms with Crippen molar-refractivity contribution >= 4 is 5.82 Å². The maximum atomic E-state index is 12.6. The van der Waals surface area contributed by atoms with Gasteiger partial charge in [0.1, 0.15) is 11.6 Å². The lowest BCUT2D eigenvalue weighted by atomic mass is 10.2. The van der Waals surface area contributed by atoms with E-state index in [9.17, 15) is 13.2 Å². The molecule has 0 aliphatic carbocycles. The summed E-state index contributed by atoms with van der Waals surface area (Å²) in [5.41, 5.74) is 5.75. The summed E-state index contributed by atoms with van der Waals surface area (Å²) >= 11 is 0. The molecule has 0 saturated heterocycles. The number of hydrogen-bond donors (Lipinski definition) is 1. The maximum absolute atomic E-state index is 12.6. The number of nitrogens with zero attached hydrogens (tertiary/aromatic N) is 3. The highest BCUT2D eigenvalue weighted by molar-refractivity contribution is 5.62. The fraction of sp³-hybridized carbons (Fsp3) is 0.182. The molecule has 0 bridgehead atoms. The third-order valence-electron chi connectivity index (χ3n) is 2.24. The van der Waals surface area contributed by atoms with Gasteiger partial charge in [0.2, 0.25) is 5.82 Å². The molecule has 100 valence electrons. The lowest BCUT2D eigenvalue weighted by Gasteiger charge is -2.08. The number of nitrogens with two attached hydrogens (primary N) is 1.